The van der Waals surface area contributed by atoms with Gasteiger partial charge in [-0.25, -0.2) is 4.98 Å². The number of halogens is 1. The summed E-state index contributed by atoms with van der Waals surface area (Å²) >= 11 is 3.45. The van der Waals surface area contributed by atoms with Crippen molar-refractivity contribution in [3.05, 3.63) is 10.7 Å². The van der Waals surface area contributed by atoms with Crippen LogP contribution in [0.5, 0.6) is 0 Å². The third-order valence-corrected chi connectivity index (χ3v) is 4.86. The zero-order chi connectivity index (χ0) is 15.3. The Morgan fingerprint density at radius 1 is 1.33 bits per heavy atom. The minimum absolute atomic E-state index is 0.532. The predicted octanol–water partition coefficient (Wildman–Crippen LogP) is 3.41. The predicted molar refractivity (Wildman–Crippen MR) is 89.6 cm³/mol. The SMILES string of the molecule is CCNc1ncc(Br)c(NCC2(O)CCC(CC)CC2)n1. The Kier molecular flexibility index (Phi) is 5.81. The molecule has 1 aliphatic carbocycles. The topological polar surface area (TPSA) is 70.1 Å². The lowest BCUT2D eigenvalue weighted by atomic mass is 9.78. The quantitative estimate of drug-likeness (QED) is 0.728. The van der Waals surface area contributed by atoms with Crippen molar-refractivity contribution < 1.29 is 5.11 Å². The molecule has 1 saturated carbocycles. The van der Waals surface area contributed by atoms with Crippen LogP contribution < -0.4 is 10.6 Å². The molecule has 118 valence electrons. The molecule has 0 bridgehead atoms. The number of aliphatic hydroxyl groups is 1. The second-order valence-corrected chi connectivity index (χ2v) is 6.70. The third kappa shape index (κ3) is 4.54. The molecule has 21 heavy (non-hydrogen) atoms. The molecule has 0 radical (unpaired) electrons. The number of rotatable bonds is 6. The second kappa shape index (κ2) is 7.40. The summed E-state index contributed by atoms with van der Waals surface area (Å²) in [7, 11) is 0. The van der Waals surface area contributed by atoms with Crippen molar-refractivity contribution >= 4 is 27.7 Å². The summed E-state index contributed by atoms with van der Waals surface area (Å²) < 4.78 is 0.815. The molecule has 1 aromatic heterocycles. The second-order valence-electron chi connectivity index (χ2n) is 5.85. The number of hydrogen-bond donors (Lipinski definition) is 3. The summed E-state index contributed by atoms with van der Waals surface area (Å²) in [6.07, 6.45) is 6.89. The molecule has 0 aliphatic heterocycles. The van der Waals surface area contributed by atoms with Gasteiger partial charge in [0.25, 0.3) is 0 Å². The molecule has 1 fully saturated rings. The standard InChI is InChI=1S/C15H25BrN4O/c1-3-11-5-7-15(21,8-6-11)10-19-13-12(16)9-18-14(20-13)17-4-2/h9,11,21H,3-8,10H2,1-2H3,(H2,17,18,19,20). The Balaban J connectivity index is 1.94. The van der Waals surface area contributed by atoms with Crippen LogP contribution >= 0.6 is 15.9 Å². The molecule has 0 atom stereocenters. The molecule has 0 saturated heterocycles. The smallest absolute Gasteiger partial charge is 0.224 e. The average Bonchev–Trinajstić information content (AvgIpc) is 2.49. The molecule has 1 aliphatic rings. The molecule has 1 aromatic rings. The lowest BCUT2D eigenvalue weighted by Gasteiger charge is -2.36. The van der Waals surface area contributed by atoms with Gasteiger partial charge in [-0.2, -0.15) is 4.98 Å². The van der Waals surface area contributed by atoms with Crippen LogP contribution in [-0.2, 0) is 0 Å². The maximum atomic E-state index is 10.7. The first-order valence-electron chi connectivity index (χ1n) is 7.79. The van der Waals surface area contributed by atoms with Crippen LogP contribution in [0.3, 0.4) is 0 Å². The summed E-state index contributed by atoms with van der Waals surface area (Å²) in [6, 6.07) is 0. The molecule has 0 aromatic carbocycles. The molecule has 6 heteroatoms. The van der Waals surface area contributed by atoms with E-state index in [1.807, 2.05) is 6.92 Å². The van der Waals surface area contributed by atoms with E-state index < -0.39 is 5.60 Å². The van der Waals surface area contributed by atoms with E-state index in [9.17, 15) is 5.11 Å². The first-order valence-corrected chi connectivity index (χ1v) is 8.58. The highest BCUT2D eigenvalue weighted by molar-refractivity contribution is 9.10. The number of nitrogens with zero attached hydrogens (tertiary/aromatic N) is 2. The maximum Gasteiger partial charge on any atom is 0.224 e. The molecular weight excluding hydrogens is 332 g/mol. The van der Waals surface area contributed by atoms with Gasteiger partial charge >= 0.3 is 0 Å². The normalized spacial score (nSPS) is 25.6. The van der Waals surface area contributed by atoms with E-state index in [0.717, 1.165) is 48.4 Å². The molecule has 3 N–H and O–H groups in total. The summed E-state index contributed by atoms with van der Waals surface area (Å²) in [5, 5.41) is 17.0. The van der Waals surface area contributed by atoms with Crippen molar-refractivity contribution in [2.24, 2.45) is 5.92 Å². The maximum absolute atomic E-state index is 10.7. The van der Waals surface area contributed by atoms with Crippen molar-refractivity contribution in [2.45, 2.75) is 51.6 Å². The van der Waals surface area contributed by atoms with Crippen LogP contribution in [0, 0.1) is 5.92 Å². The Morgan fingerprint density at radius 3 is 2.67 bits per heavy atom. The highest BCUT2D eigenvalue weighted by Gasteiger charge is 2.32. The Morgan fingerprint density at radius 2 is 2.05 bits per heavy atom. The average molecular weight is 357 g/mol. The Hall–Kier alpha value is -0.880. The van der Waals surface area contributed by atoms with Gasteiger partial charge in [-0.05, 0) is 54.5 Å². The van der Waals surface area contributed by atoms with Gasteiger partial charge in [-0.15, -0.1) is 0 Å². The van der Waals surface area contributed by atoms with Crippen LogP contribution in [0.2, 0.25) is 0 Å². The fourth-order valence-corrected chi connectivity index (χ4v) is 3.11. The third-order valence-electron chi connectivity index (χ3n) is 4.28. The first kappa shape index (κ1) is 16.5. The van der Waals surface area contributed by atoms with Gasteiger partial charge in [0.15, 0.2) is 0 Å². The van der Waals surface area contributed by atoms with Gasteiger partial charge in [-0.3, -0.25) is 0 Å². The van der Waals surface area contributed by atoms with Crippen LogP contribution in [0.15, 0.2) is 10.7 Å². The molecule has 5 nitrogen and oxygen atoms in total. The first-order chi connectivity index (χ1) is 10.1. The van der Waals surface area contributed by atoms with E-state index in [4.69, 9.17) is 0 Å². The van der Waals surface area contributed by atoms with Crippen molar-refractivity contribution in [3.8, 4) is 0 Å². The lowest BCUT2D eigenvalue weighted by molar-refractivity contribution is 0.00222. The van der Waals surface area contributed by atoms with Crippen molar-refractivity contribution in [3.63, 3.8) is 0 Å². The van der Waals surface area contributed by atoms with Crippen molar-refractivity contribution in [1.29, 1.82) is 0 Å². The van der Waals surface area contributed by atoms with Crippen LogP contribution in [-0.4, -0.2) is 33.8 Å². The van der Waals surface area contributed by atoms with Gasteiger partial charge in [0.2, 0.25) is 5.95 Å². The zero-order valence-corrected chi connectivity index (χ0v) is 14.4. The minimum atomic E-state index is -0.617. The summed E-state index contributed by atoms with van der Waals surface area (Å²) in [4.78, 5) is 8.61. The lowest BCUT2D eigenvalue weighted by Crippen LogP contribution is -2.40. The highest BCUT2D eigenvalue weighted by atomic mass is 79.9. The van der Waals surface area contributed by atoms with Gasteiger partial charge < -0.3 is 15.7 Å². The van der Waals surface area contributed by atoms with E-state index in [1.165, 1.54) is 6.42 Å². The van der Waals surface area contributed by atoms with E-state index in [-0.39, 0.29) is 0 Å². The summed E-state index contributed by atoms with van der Waals surface area (Å²) in [6.45, 7) is 5.55. The van der Waals surface area contributed by atoms with Crippen LogP contribution in [0.4, 0.5) is 11.8 Å². The molecule has 1 heterocycles. The molecular formula is C15H25BrN4O. The van der Waals surface area contributed by atoms with Gasteiger partial charge in [-0.1, -0.05) is 13.3 Å². The number of nitrogens with one attached hydrogen (secondary N) is 2. The van der Waals surface area contributed by atoms with Crippen LogP contribution in [0.25, 0.3) is 0 Å². The van der Waals surface area contributed by atoms with E-state index in [0.29, 0.717) is 12.5 Å². The Bertz CT molecular complexity index is 461. The fraction of sp³-hybridized carbons (Fsp3) is 0.733. The minimum Gasteiger partial charge on any atom is -0.388 e. The van der Waals surface area contributed by atoms with E-state index in [2.05, 4.69) is 43.5 Å². The molecule has 0 unspecified atom stereocenters. The summed E-state index contributed by atoms with van der Waals surface area (Å²) in [5.41, 5.74) is -0.617. The van der Waals surface area contributed by atoms with Crippen molar-refractivity contribution in [2.75, 3.05) is 23.7 Å². The van der Waals surface area contributed by atoms with Gasteiger partial charge in [0.1, 0.15) is 5.82 Å². The number of hydrogen-bond acceptors (Lipinski definition) is 5. The number of aromatic nitrogens is 2. The largest absolute Gasteiger partial charge is 0.388 e. The molecule has 0 amide bonds. The number of anilines is 2. The Labute approximate surface area is 135 Å². The van der Waals surface area contributed by atoms with Crippen LogP contribution in [0.1, 0.15) is 46.0 Å². The zero-order valence-electron chi connectivity index (χ0n) is 12.8. The fourth-order valence-electron chi connectivity index (χ4n) is 2.78. The highest BCUT2D eigenvalue weighted by Crippen LogP contribution is 2.34. The van der Waals surface area contributed by atoms with E-state index >= 15 is 0 Å². The van der Waals surface area contributed by atoms with Gasteiger partial charge in [0, 0.05) is 19.3 Å². The monoisotopic (exact) mass is 356 g/mol. The van der Waals surface area contributed by atoms with E-state index in [1.54, 1.807) is 6.20 Å². The molecule has 0 spiro atoms. The van der Waals surface area contributed by atoms with Gasteiger partial charge in [0.05, 0.1) is 10.1 Å². The summed E-state index contributed by atoms with van der Waals surface area (Å²) in [5.74, 6) is 2.10. The molecule has 2 rings (SSSR count). The van der Waals surface area contributed by atoms with Crippen molar-refractivity contribution in [1.82, 2.24) is 9.97 Å².